The normalized spacial score (nSPS) is 19.8. The second-order valence-corrected chi connectivity index (χ2v) is 6.09. The SMILES string of the molecule is COC1(CC(=O)Cc2ccc3c(c2)CCC3)CCC1. The largest absolute Gasteiger partial charge is 0.378 e. The van der Waals surface area contributed by atoms with Crippen LogP contribution in [0.15, 0.2) is 18.2 Å². The highest BCUT2D eigenvalue weighted by Gasteiger charge is 2.38. The van der Waals surface area contributed by atoms with E-state index in [1.165, 1.54) is 42.4 Å². The minimum Gasteiger partial charge on any atom is -0.378 e. The lowest BCUT2D eigenvalue weighted by Gasteiger charge is -2.40. The van der Waals surface area contributed by atoms with Gasteiger partial charge in [0.05, 0.1) is 5.60 Å². The molecule has 1 aromatic rings. The number of fused-ring (bicyclic) bond motifs is 1. The number of aryl methyl sites for hydroxylation is 2. The summed E-state index contributed by atoms with van der Waals surface area (Å²) in [6.07, 6.45) is 8.08. The van der Waals surface area contributed by atoms with E-state index in [-0.39, 0.29) is 5.60 Å². The Kier molecular flexibility index (Phi) is 3.44. The second kappa shape index (κ2) is 5.09. The maximum absolute atomic E-state index is 12.2. The van der Waals surface area contributed by atoms with Gasteiger partial charge in [0, 0.05) is 20.0 Å². The quantitative estimate of drug-likeness (QED) is 0.810. The molecule has 0 amide bonds. The minimum atomic E-state index is -0.131. The number of benzene rings is 1. The molecular weight excluding hydrogens is 236 g/mol. The van der Waals surface area contributed by atoms with Gasteiger partial charge in [-0.1, -0.05) is 18.2 Å². The molecule has 1 saturated carbocycles. The Labute approximate surface area is 115 Å². The lowest BCUT2D eigenvalue weighted by molar-refractivity contribution is -0.131. The molecule has 1 aromatic carbocycles. The maximum Gasteiger partial charge on any atom is 0.140 e. The highest BCUT2D eigenvalue weighted by atomic mass is 16.5. The van der Waals surface area contributed by atoms with Gasteiger partial charge in [-0.3, -0.25) is 4.79 Å². The number of methoxy groups -OCH3 is 1. The van der Waals surface area contributed by atoms with Crippen molar-refractivity contribution in [3.63, 3.8) is 0 Å². The van der Waals surface area contributed by atoms with Gasteiger partial charge in [0.1, 0.15) is 5.78 Å². The molecule has 0 aromatic heterocycles. The van der Waals surface area contributed by atoms with E-state index in [9.17, 15) is 4.79 Å². The summed E-state index contributed by atoms with van der Waals surface area (Å²) in [6, 6.07) is 6.57. The number of ketones is 1. The third-order valence-corrected chi connectivity index (χ3v) is 4.78. The molecule has 0 bridgehead atoms. The van der Waals surface area contributed by atoms with Crippen LogP contribution in [-0.2, 0) is 28.8 Å². The van der Waals surface area contributed by atoms with Crippen LogP contribution in [0.5, 0.6) is 0 Å². The lowest BCUT2D eigenvalue weighted by atomic mass is 9.76. The number of hydrogen-bond donors (Lipinski definition) is 0. The van der Waals surface area contributed by atoms with E-state index in [4.69, 9.17) is 4.74 Å². The van der Waals surface area contributed by atoms with E-state index in [1.807, 2.05) is 0 Å². The Morgan fingerprint density at radius 2 is 2.00 bits per heavy atom. The van der Waals surface area contributed by atoms with E-state index >= 15 is 0 Å². The fraction of sp³-hybridized carbons (Fsp3) is 0.588. The van der Waals surface area contributed by atoms with Crippen molar-refractivity contribution in [1.82, 2.24) is 0 Å². The zero-order chi connectivity index (χ0) is 13.3. The van der Waals surface area contributed by atoms with Gasteiger partial charge in [0.15, 0.2) is 0 Å². The predicted molar refractivity (Wildman–Crippen MR) is 75.4 cm³/mol. The predicted octanol–water partition coefficient (Wildman–Crippen LogP) is 3.25. The summed E-state index contributed by atoms with van der Waals surface area (Å²) >= 11 is 0. The molecule has 0 saturated heterocycles. The molecule has 2 aliphatic carbocycles. The molecule has 0 spiro atoms. The first-order valence-corrected chi connectivity index (χ1v) is 7.38. The van der Waals surface area contributed by atoms with Gasteiger partial charge in [-0.2, -0.15) is 0 Å². The number of carbonyl (C=O) groups excluding carboxylic acids is 1. The average molecular weight is 258 g/mol. The first kappa shape index (κ1) is 12.9. The van der Waals surface area contributed by atoms with Gasteiger partial charge in [-0.15, -0.1) is 0 Å². The standard InChI is InChI=1S/C17H22O2/c1-19-17(8-3-9-17)12-16(18)11-13-6-7-14-4-2-5-15(14)10-13/h6-7,10H,2-5,8-9,11-12H2,1H3. The van der Waals surface area contributed by atoms with Crippen molar-refractivity contribution in [2.75, 3.05) is 7.11 Å². The van der Waals surface area contributed by atoms with Crippen LogP contribution < -0.4 is 0 Å². The van der Waals surface area contributed by atoms with E-state index < -0.39 is 0 Å². The Morgan fingerprint density at radius 3 is 2.68 bits per heavy atom. The number of ether oxygens (including phenoxy) is 1. The average Bonchev–Trinajstić information content (AvgIpc) is 2.81. The van der Waals surface area contributed by atoms with Crippen LogP contribution in [-0.4, -0.2) is 18.5 Å². The highest BCUT2D eigenvalue weighted by molar-refractivity contribution is 5.82. The first-order valence-electron chi connectivity index (χ1n) is 7.38. The van der Waals surface area contributed by atoms with E-state index in [1.54, 1.807) is 7.11 Å². The van der Waals surface area contributed by atoms with Crippen LogP contribution in [0.3, 0.4) is 0 Å². The zero-order valence-corrected chi connectivity index (χ0v) is 11.7. The van der Waals surface area contributed by atoms with Crippen LogP contribution in [0.1, 0.15) is 48.8 Å². The van der Waals surface area contributed by atoms with Crippen molar-refractivity contribution in [3.05, 3.63) is 34.9 Å². The Balaban J connectivity index is 1.63. The molecule has 2 nitrogen and oxygen atoms in total. The van der Waals surface area contributed by atoms with Crippen molar-refractivity contribution in [3.8, 4) is 0 Å². The van der Waals surface area contributed by atoms with Crippen molar-refractivity contribution in [2.24, 2.45) is 0 Å². The van der Waals surface area contributed by atoms with Gasteiger partial charge in [-0.25, -0.2) is 0 Å². The molecule has 102 valence electrons. The summed E-state index contributed by atoms with van der Waals surface area (Å²) < 4.78 is 5.54. The summed E-state index contributed by atoms with van der Waals surface area (Å²) in [5.41, 5.74) is 3.98. The first-order chi connectivity index (χ1) is 9.21. The molecule has 2 aliphatic rings. The molecule has 1 fully saturated rings. The van der Waals surface area contributed by atoms with E-state index in [2.05, 4.69) is 18.2 Å². The smallest absolute Gasteiger partial charge is 0.140 e. The molecule has 2 heteroatoms. The van der Waals surface area contributed by atoms with Gasteiger partial charge in [-0.05, 0) is 55.2 Å². The van der Waals surface area contributed by atoms with Crippen molar-refractivity contribution in [2.45, 2.75) is 57.0 Å². The minimum absolute atomic E-state index is 0.131. The lowest BCUT2D eigenvalue weighted by Crippen LogP contribution is -2.41. The van der Waals surface area contributed by atoms with Crippen LogP contribution in [0.4, 0.5) is 0 Å². The molecule has 0 aliphatic heterocycles. The van der Waals surface area contributed by atoms with Gasteiger partial charge in [0.25, 0.3) is 0 Å². The van der Waals surface area contributed by atoms with Gasteiger partial charge < -0.3 is 4.74 Å². The van der Waals surface area contributed by atoms with Gasteiger partial charge in [0.2, 0.25) is 0 Å². The summed E-state index contributed by atoms with van der Waals surface area (Å²) in [7, 11) is 1.74. The van der Waals surface area contributed by atoms with Crippen molar-refractivity contribution in [1.29, 1.82) is 0 Å². The molecule has 0 radical (unpaired) electrons. The van der Waals surface area contributed by atoms with Crippen LogP contribution in [0.2, 0.25) is 0 Å². The fourth-order valence-electron chi connectivity index (χ4n) is 3.41. The summed E-state index contributed by atoms with van der Waals surface area (Å²) in [6.45, 7) is 0. The van der Waals surface area contributed by atoms with Crippen molar-refractivity contribution < 1.29 is 9.53 Å². The number of rotatable bonds is 5. The highest BCUT2D eigenvalue weighted by Crippen LogP contribution is 2.38. The Hall–Kier alpha value is -1.15. The van der Waals surface area contributed by atoms with E-state index in [0.717, 1.165) is 12.8 Å². The molecule has 0 unspecified atom stereocenters. The summed E-state index contributed by atoms with van der Waals surface area (Å²) in [4.78, 5) is 12.2. The van der Waals surface area contributed by atoms with Crippen molar-refractivity contribution >= 4 is 5.78 Å². The molecule has 3 rings (SSSR count). The number of hydrogen-bond acceptors (Lipinski definition) is 2. The topological polar surface area (TPSA) is 26.3 Å². The maximum atomic E-state index is 12.2. The molecule has 0 heterocycles. The van der Waals surface area contributed by atoms with E-state index in [0.29, 0.717) is 18.6 Å². The summed E-state index contributed by atoms with van der Waals surface area (Å²) in [5, 5.41) is 0. The Bertz CT molecular complexity index is 481. The number of Topliss-reactive ketones (excluding diaryl/α,β-unsaturated/α-hetero) is 1. The van der Waals surface area contributed by atoms with Crippen LogP contribution in [0.25, 0.3) is 0 Å². The van der Waals surface area contributed by atoms with Gasteiger partial charge >= 0.3 is 0 Å². The zero-order valence-electron chi connectivity index (χ0n) is 11.7. The van der Waals surface area contributed by atoms with Crippen LogP contribution in [0, 0.1) is 0 Å². The molecule has 0 atom stereocenters. The fourth-order valence-corrected chi connectivity index (χ4v) is 3.41. The monoisotopic (exact) mass is 258 g/mol. The Morgan fingerprint density at radius 1 is 1.21 bits per heavy atom. The molecule has 0 N–H and O–H groups in total. The third kappa shape index (κ3) is 2.59. The molecular formula is C17H22O2. The second-order valence-electron chi connectivity index (χ2n) is 6.09. The summed E-state index contributed by atoms with van der Waals surface area (Å²) in [5.74, 6) is 0.319. The number of carbonyl (C=O) groups is 1. The third-order valence-electron chi connectivity index (χ3n) is 4.78. The van der Waals surface area contributed by atoms with Crippen LogP contribution >= 0.6 is 0 Å². The molecule has 19 heavy (non-hydrogen) atoms.